The number of rotatable bonds is 4. The lowest BCUT2D eigenvalue weighted by Gasteiger charge is -2.36. The molecule has 2 heterocycles. The SMILES string of the molecule is CC#CCC1CCNCC1CC.CCC1CNCCC1N(C)C.[HH]. The van der Waals surface area contributed by atoms with Gasteiger partial charge in [0.1, 0.15) is 0 Å². The van der Waals surface area contributed by atoms with Gasteiger partial charge in [0.15, 0.2) is 0 Å². The predicted molar refractivity (Wildman–Crippen MR) is 104 cm³/mol. The molecule has 2 aliphatic heterocycles. The molecule has 0 aliphatic carbocycles. The fourth-order valence-electron chi connectivity index (χ4n) is 3.96. The van der Waals surface area contributed by atoms with Gasteiger partial charge in [-0.3, -0.25) is 0 Å². The average molecular weight is 324 g/mol. The van der Waals surface area contributed by atoms with Crippen LogP contribution in [-0.2, 0) is 0 Å². The van der Waals surface area contributed by atoms with E-state index in [4.69, 9.17) is 0 Å². The van der Waals surface area contributed by atoms with Gasteiger partial charge in [0.25, 0.3) is 0 Å². The first-order valence-electron chi connectivity index (χ1n) is 9.61. The van der Waals surface area contributed by atoms with Crippen molar-refractivity contribution in [3.63, 3.8) is 0 Å². The smallest absolute Gasteiger partial charge is 0.0141 e. The molecule has 0 radical (unpaired) electrons. The van der Waals surface area contributed by atoms with E-state index in [9.17, 15) is 0 Å². The van der Waals surface area contributed by atoms with Crippen LogP contribution in [0.25, 0.3) is 0 Å². The summed E-state index contributed by atoms with van der Waals surface area (Å²) < 4.78 is 0. The van der Waals surface area contributed by atoms with E-state index in [1.54, 1.807) is 0 Å². The molecule has 3 nitrogen and oxygen atoms in total. The lowest BCUT2D eigenvalue weighted by molar-refractivity contribution is 0.163. The van der Waals surface area contributed by atoms with Crippen molar-refractivity contribution in [1.29, 1.82) is 0 Å². The topological polar surface area (TPSA) is 27.3 Å². The molecule has 2 fully saturated rings. The van der Waals surface area contributed by atoms with Crippen LogP contribution < -0.4 is 10.6 Å². The van der Waals surface area contributed by atoms with Gasteiger partial charge in [0.05, 0.1) is 0 Å². The van der Waals surface area contributed by atoms with Gasteiger partial charge in [-0.1, -0.05) is 26.7 Å². The molecular formula is C20H41N3. The largest absolute Gasteiger partial charge is 0.316 e. The van der Waals surface area contributed by atoms with Crippen molar-refractivity contribution in [2.75, 3.05) is 40.3 Å². The first-order valence-corrected chi connectivity index (χ1v) is 9.61. The summed E-state index contributed by atoms with van der Waals surface area (Å²) in [6.45, 7) is 11.3. The summed E-state index contributed by atoms with van der Waals surface area (Å²) in [7, 11) is 4.39. The number of hydrogen-bond donors (Lipinski definition) is 2. The molecular weight excluding hydrogens is 282 g/mol. The van der Waals surface area contributed by atoms with Gasteiger partial charge in [-0.15, -0.1) is 11.8 Å². The summed E-state index contributed by atoms with van der Waals surface area (Å²) in [4.78, 5) is 2.37. The molecule has 4 unspecified atom stereocenters. The van der Waals surface area contributed by atoms with Crippen molar-refractivity contribution in [2.45, 2.75) is 58.9 Å². The molecule has 2 N–H and O–H groups in total. The van der Waals surface area contributed by atoms with Gasteiger partial charge in [-0.05, 0) is 77.8 Å². The summed E-state index contributed by atoms with van der Waals surface area (Å²) in [6, 6.07) is 0.807. The Bertz CT molecular complexity index is 362. The summed E-state index contributed by atoms with van der Waals surface area (Å²) in [5.41, 5.74) is 0. The van der Waals surface area contributed by atoms with Crippen molar-refractivity contribution >= 4 is 0 Å². The minimum Gasteiger partial charge on any atom is -0.316 e. The van der Waals surface area contributed by atoms with Crippen LogP contribution in [0.5, 0.6) is 0 Å². The molecule has 3 heteroatoms. The highest BCUT2D eigenvalue weighted by Gasteiger charge is 2.24. The lowest BCUT2D eigenvalue weighted by Crippen LogP contribution is -2.46. The molecule has 0 aromatic carbocycles. The Kier molecular flexibility index (Phi) is 10.6. The quantitative estimate of drug-likeness (QED) is 0.778. The first kappa shape index (κ1) is 20.5. The maximum atomic E-state index is 3.44. The highest BCUT2D eigenvalue weighted by Crippen LogP contribution is 2.24. The van der Waals surface area contributed by atoms with Crippen molar-refractivity contribution in [3.05, 3.63) is 0 Å². The molecule has 0 saturated carbocycles. The molecule has 23 heavy (non-hydrogen) atoms. The van der Waals surface area contributed by atoms with Crippen molar-refractivity contribution in [2.24, 2.45) is 17.8 Å². The highest BCUT2D eigenvalue weighted by atomic mass is 15.1. The van der Waals surface area contributed by atoms with Crippen LogP contribution in [0.1, 0.15) is 54.3 Å². The predicted octanol–water partition coefficient (Wildman–Crippen LogP) is 3.22. The van der Waals surface area contributed by atoms with Gasteiger partial charge in [-0.25, -0.2) is 0 Å². The van der Waals surface area contributed by atoms with Crippen LogP contribution in [-0.4, -0.2) is 51.2 Å². The average Bonchev–Trinajstić information content (AvgIpc) is 2.60. The molecule has 0 bridgehead atoms. The van der Waals surface area contributed by atoms with Crippen LogP contribution in [0.3, 0.4) is 0 Å². The second-order valence-corrected chi connectivity index (χ2v) is 7.24. The second kappa shape index (κ2) is 11.9. The Morgan fingerprint density at radius 2 is 1.57 bits per heavy atom. The molecule has 2 rings (SSSR count). The summed E-state index contributed by atoms with van der Waals surface area (Å²) in [5, 5.41) is 6.89. The van der Waals surface area contributed by atoms with Gasteiger partial charge in [0, 0.05) is 13.9 Å². The number of hydrogen-bond acceptors (Lipinski definition) is 3. The molecule has 4 atom stereocenters. The maximum absolute atomic E-state index is 3.44. The van der Waals surface area contributed by atoms with E-state index in [0.29, 0.717) is 0 Å². The Morgan fingerprint density at radius 1 is 0.957 bits per heavy atom. The minimum absolute atomic E-state index is 0. The van der Waals surface area contributed by atoms with E-state index in [2.05, 4.69) is 55.3 Å². The molecule has 2 saturated heterocycles. The monoisotopic (exact) mass is 323 g/mol. The molecule has 0 amide bonds. The van der Waals surface area contributed by atoms with Crippen LogP contribution >= 0.6 is 0 Å². The minimum atomic E-state index is 0. The van der Waals surface area contributed by atoms with Gasteiger partial charge < -0.3 is 15.5 Å². The van der Waals surface area contributed by atoms with E-state index in [1.165, 1.54) is 51.9 Å². The van der Waals surface area contributed by atoms with Gasteiger partial charge >= 0.3 is 0 Å². The zero-order valence-corrected chi connectivity index (χ0v) is 16.1. The summed E-state index contributed by atoms with van der Waals surface area (Å²) in [5.74, 6) is 8.77. The standard InChI is InChI=1S/C11H19N.C9H20N2.H2/c1-3-5-6-11-7-8-12-9-10(11)4-2;1-4-8-7-10-6-5-9(8)11(2)3;/h10-12H,4,6-9H2,1-2H3;8-10H,4-7H2,1-3H3;1H. The van der Waals surface area contributed by atoms with Crippen LogP contribution in [0.15, 0.2) is 0 Å². The normalized spacial score (nSPS) is 30.9. The zero-order chi connectivity index (χ0) is 17.1. The van der Waals surface area contributed by atoms with Crippen LogP contribution in [0, 0.1) is 29.6 Å². The fraction of sp³-hybridized carbons (Fsp3) is 0.900. The summed E-state index contributed by atoms with van der Waals surface area (Å²) in [6.07, 6.45) is 6.33. The Labute approximate surface area is 146 Å². The van der Waals surface area contributed by atoms with E-state index in [-0.39, 0.29) is 1.43 Å². The Balaban J connectivity index is 0.000000425. The lowest BCUT2D eigenvalue weighted by atomic mass is 9.83. The Hall–Kier alpha value is -0.560. The van der Waals surface area contributed by atoms with Crippen LogP contribution in [0.2, 0.25) is 0 Å². The third-order valence-electron chi connectivity index (χ3n) is 5.59. The molecule has 136 valence electrons. The number of nitrogens with one attached hydrogen (secondary N) is 2. The molecule has 0 aromatic heterocycles. The van der Waals surface area contributed by atoms with E-state index >= 15 is 0 Å². The molecule has 0 aromatic rings. The van der Waals surface area contributed by atoms with Crippen molar-refractivity contribution in [3.8, 4) is 11.8 Å². The molecule has 0 spiro atoms. The van der Waals surface area contributed by atoms with E-state index in [1.807, 2.05) is 6.92 Å². The van der Waals surface area contributed by atoms with Crippen molar-refractivity contribution in [1.82, 2.24) is 15.5 Å². The van der Waals surface area contributed by atoms with Crippen molar-refractivity contribution < 1.29 is 1.43 Å². The van der Waals surface area contributed by atoms with E-state index in [0.717, 1.165) is 30.2 Å². The van der Waals surface area contributed by atoms with E-state index < -0.39 is 0 Å². The first-order chi connectivity index (χ1) is 11.1. The van der Waals surface area contributed by atoms with Crippen LogP contribution in [0.4, 0.5) is 0 Å². The summed E-state index contributed by atoms with van der Waals surface area (Å²) >= 11 is 0. The fourth-order valence-corrected chi connectivity index (χ4v) is 3.96. The second-order valence-electron chi connectivity index (χ2n) is 7.24. The molecule has 2 aliphatic rings. The number of nitrogens with zero attached hydrogens (tertiary/aromatic N) is 1. The Morgan fingerprint density at radius 3 is 2.09 bits per heavy atom. The zero-order valence-electron chi connectivity index (χ0n) is 16.1. The highest BCUT2D eigenvalue weighted by molar-refractivity contribution is 4.98. The third kappa shape index (κ3) is 7.25. The number of piperidine rings is 2. The maximum Gasteiger partial charge on any atom is 0.0141 e. The van der Waals surface area contributed by atoms with Gasteiger partial charge in [0.2, 0.25) is 0 Å². The van der Waals surface area contributed by atoms with Gasteiger partial charge in [-0.2, -0.15) is 0 Å². The third-order valence-corrected chi connectivity index (χ3v) is 5.59.